The van der Waals surface area contributed by atoms with Crippen LogP contribution in [0.2, 0.25) is 0 Å². The summed E-state index contributed by atoms with van der Waals surface area (Å²) >= 11 is 1.33. The van der Waals surface area contributed by atoms with Gasteiger partial charge in [0, 0.05) is 33.9 Å². The summed E-state index contributed by atoms with van der Waals surface area (Å²) in [6.45, 7) is 6.43. The van der Waals surface area contributed by atoms with Gasteiger partial charge in [0.2, 0.25) is 0 Å². The quantitative estimate of drug-likeness (QED) is 0.406. The molecule has 5 atom stereocenters. The lowest BCUT2D eigenvalue weighted by atomic mass is 9.97. The van der Waals surface area contributed by atoms with Crippen LogP contribution in [0.15, 0.2) is 30.5 Å². The second-order valence-electron chi connectivity index (χ2n) is 8.16. The third-order valence-electron chi connectivity index (χ3n) is 5.10. The van der Waals surface area contributed by atoms with Crippen LogP contribution >= 0.6 is 11.3 Å². The van der Waals surface area contributed by atoms with Gasteiger partial charge in [0.1, 0.15) is 12.7 Å². The largest absolute Gasteiger partial charge is 0.463 e. The van der Waals surface area contributed by atoms with E-state index in [0.717, 1.165) is 16.0 Å². The van der Waals surface area contributed by atoms with Crippen molar-refractivity contribution in [3.8, 4) is 10.4 Å². The number of benzene rings is 1. The van der Waals surface area contributed by atoms with Crippen molar-refractivity contribution in [1.82, 2.24) is 4.98 Å². The fourth-order valence-electron chi connectivity index (χ4n) is 3.66. The zero-order chi connectivity index (χ0) is 26.4. The van der Waals surface area contributed by atoms with Crippen LogP contribution in [0.1, 0.15) is 33.3 Å². The number of nitrogens with zero attached hydrogens (tertiary/aromatic N) is 1. The lowest BCUT2D eigenvalue weighted by Gasteiger charge is -2.44. The van der Waals surface area contributed by atoms with Crippen LogP contribution in [0.3, 0.4) is 0 Å². The van der Waals surface area contributed by atoms with Crippen LogP contribution in [0.4, 0.5) is 5.13 Å². The van der Waals surface area contributed by atoms with Gasteiger partial charge < -0.3 is 29.0 Å². The standard InChI is InChI=1S/C24H28N2O9S/c1-12-6-8-17(9-7-12)19-10-25-24(36-19)26-23-22(34-16(5)30)21(33-15(4)29)20(32-14(3)28)18(35-23)11-31-13(2)27/h6-10,18,20-23H,11H2,1-5H3,(H,25,26)/t18-,20+,21+,22-,23+/m0/s1. The number of esters is 4. The van der Waals surface area contributed by atoms with Gasteiger partial charge in [-0.05, 0) is 12.5 Å². The summed E-state index contributed by atoms with van der Waals surface area (Å²) in [5.41, 5.74) is 2.09. The predicted molar refractivity (Wildman–Crippen MR) is 128 cm³/mol. The molecule has 0 unspecified atom stereocenters. The number of thiazole rings is 1. The maximum absolute atomic E-state index is 11.9. The number of anilines is 1. The summed E-state index contributed by atoms with van der Waals surface area (Å²) in [5, 5.41) is 3.50. The Balaban J connectivity index is 1.94. The first-order valence-electron chi connectivity index (χ1n) is 11.1. The van der Waals surface area contributed by atoms with Gasteiger partial charge in [-0.15, -0.1) is 0 Å². The molecule has 2 aromatic rings. The number of aromatic nitrogens is 1. The van der Waals surface area contributed by atoms with Gasteiger partial charge in [-0.3, -0.25) is 19.2 Å². The smallest absolute Gasteiger partial charge is 0.303 e. The summed E-state index contributed by atoms with van der Waals surface area (Å²) in [4.78, 5) is 52.4. The van der Waals surface area contributed by atoms with Crippen LogP contribution in [0.5, 0.6) is 0 Å². The van der Waals surface area contributed by atoms with Crippen LogP contribution in [0, 0.1) is 6.92 Å². The number of ether oxygens (including phenoxy) is 5. The molecule has 1 aliphatic heterocycles. The first-order chi connectivity index (χ1) is 17.0. The van der Waals surface area contributed by atoms with E-state index in [1.807, 2.05) is 31.2 Å². The third-order valence-corrected chi connectivity index (χ3v) is 6.08. The van der Waals surface area contributed by atoms with E-state index in [1.165, 1.54) is 39.0 Å². The molecule has 0 spiro atoms. The highest BCUT2D eigenvalue weighted by atomic mass is 32.1. The highest BCUT2D eigenvalue weighted by Gasteiger charge is 2.52. The minimum atomic E-state index is -1.25. The van der Waals surface area contributed by atoms with Crippen molar-refractivity contribution in [1.29, 1.82) is 0 Å². The average Bonchev–Trinajstić information content (AvgIpc) is 3.24. The van der Waals surface area contributed by atoms with E-state index in [4.69, 9.17) is 23.7 Å². The second-order valence-corrected chi connectivity index (χ2v) is 9.19. The maximum Gasteiger partial charge on any atom is 0.303 e. The topological polar surface area (TPSA) is 139 Å². The molecule has 1 saturated heterocycles. The Morgan fingerprint density at radius 1 is 0.889 bits per heavy atom. The van der Waals surface area contributed by atoms with E-state index >= 15 is 0 Å². The lowest BCUT2D eigenvalue weighted by Crippen LogP contribution is -2.64. The van der Waals surface area contributed by atoms with Crippen molar-refractivity contribution in [2.75, 3.05) is 11.9 Å². The van der Waals surface area contributed by atoms with E-state index in [2.05, 4.69) is 10.3 Å². The zero-order valence-corrected chi connectivity index (χ0v) is 21.3. The molecule has 36 heavy (non-hydrogen) atoms. The number of carbonyl (C=O) groups is 4. The molecule has 2 heterocycles. The second kappa shape index (κ2) is 12.0. The van der Waals surface area contributed by atoms with Crippen molar-refractivity contribution < 1.29 is 42.9 Å². The Bertz CT molecular complexity index is 1100. The number of hydrogen-bond donors (Lipinski definition) is 1. The molecule has 0 saturated carbocycles. The van der Waals surface area contributed by atoms with E-state index in [-0.39, 0.29) is 6.61 Å². The first kappa shape index (κ1) is 27.1. The Morgan fingerprint density at radius 3 is 2.06 bits per heavy atom. The average molecular weight is 521 g/mol. The molecule has 0 aliphatic carbocycles. The van der Waals surface area contributed by atoms with Gasteiger partial charge in [0.05, 0.1) is 4.88 Å². The Kier molecular flexibility index (Phi) is 8.99. The van der Waals surface area contributed by atoms with Gasteiger partial charge in [0.15, 0.2) is 29.7 Å². The molecule has 11 nitrogen and oxygen atoms in total. The fourth-order valence-corrected chi connectivity index (χ4v) is 4.51. The van der Waals surface area contributed by atoms with Gasteiger partial charge >= 0.3 is 23.9 Å². The van der Waals surface area contributed by atoms with Gasteiger partial charge in [-0.2, -0.15) is 0 Å². The molecular weight excluding hydrogens is 492 g/mol. The van der Waals surface area contributed by atoms with Crippen molar-refractivity contribution in [3.63, 3.8) is 0 Å². The summed E-state index contributed by atoms with van der Waals surface area (Å²) in [6.07, 6.45) is -4.11. The highest BCUT2D eigenvalue weighted by Crippen LogP contribution is 2.33. The predicted octanol–water partition coefficient (Wildman–Crippen LogP) is 2.61. The van der Waals surface area contributed by atoms with Gasteiger partial charge in [-0.1, -0.05) is 41.2 Å². The van der Waals surface area contributed by atoms with E-state index < -0.39 is 54.5 Å². The summed E-state index contributed by atoms with van der Waals surface area (Å²) < 4.78 is 27.4. The first-order valence-corrected chi connectivity index (χ1v) is 11.9. The van der Waals surface area contributed by atoms with Crippen molar-refractivity contribution >= 4 is 40.3 Å². The van der Waals surface area contributed by atoms with E-state index in [0.29, 0.717) is 5.13 Å². The molecule has 0 radical (unpaired) electrons. The van der Waals surface area contributed by atoms with Crippen molar-refractivity contribution in [2.24, 2.45) is 0 Å². The normalized spacial score (nSPS) is 23.3. The van der Waals surface area contributed by atoms with Gasteiger partial charge in [-0.25, -0.2) is 4.98 Å². The molecular formula is C24H28N2O9S. The van der Waals surface area contributed by atoms with Crippen LogP contribution in [-0.4, -0.2) is 66.1 Å². The number of hydrogen-bond acceptors (Lipinski definition) is 12. The summed E-state index contributed by atoms with van der Waals surface area (Å²) in [6, 6.07) is 7.92. The number of nitrogens with one attached hydrogen (secondary N) is 1. The summed E-state index contributed by atoms with van der Waals surface area (Å²) in [7, 11) is 0. The fraction of sp³-hybridized carbons (Fsp3) is 0.458. The van der Waals surface area contributed by atoms with Crippen molar-refractivity contribution in [2.45, 2.75) is 65.3 Å². The van der Waals surface area contributed by atoms with Crippen molar-refractivity contribution in [3.05, 3.63) is 36.0 Å². The number of rotatable bonds is 8. The maximum atomic E-state index is 11.9. The SMILES string of the molecule is CC(=O)OC[C@@H]1O[C@@H](Nc2ncc(-c3ccc(C)cc3)s2)[C@@H](OC(C)=O)[C@H](OC(C)=O)[C@@H]1OC(C)=O. The molecule has 1 aromatic heterocycles. The molecule has 0 bridgehead atoms. The summed E-state index contributed by atoms with van der Waals surface area (Å²) in [5.74, 6) is -2.65. The van der Waals surface area contributed by atoms with Crippen LogP contribution in [0.25, 0.3) is 10.4 Å². The Morgan fingerprint density at radius 2 is 1.47 bits per heavy atom. The minimum Gasteiger partial charge on any atom is -0.463 e. The van der Waals surface area contributed by atoms with Crippen LogP contribution < -0.4 is 5.32 Å². The van der Waals surface area contributed by atoms with E-state index in [1.54, 1.807) is 6.20 Å². The zero-order valence-electron chi connectivity index (χ0n) is 20.5. The van der Waals surface area contributed by atoms with E-state index in [9.17, 15) is 19.2 Å². The molecule has 0 amide bonds. The monoisotopic (exact) mass is 520 g/mol. The number of carbonyl (C=O) groups excluding carboxylic acids is 4. The molecule has 1 aliphatic rings. The molecule has 194 valence electrons. The molecule has 12 heteroatoms. The van der Waals surface area contributed by atoms with Gasteiger partial charge in [0.25, 0.3) is 0 Å². The third kappa shape index (κ3) is 7.25. The number of aryl methyl sites for hydroxylation is 1. The lowest BCUT2D eigenvalue weighted by molar-refractivity contribution is -0.247. The molecule has 1 N–H and O–H groups in total. The molecule has 1 fully saturated rings. The molecule has 3 rings (SSSR count). The Labute approximate surface area is 212 Å². The van der Waals surface area contributed by atoms with Crippen LogP contribution in [-0.2, 0) is 42.9 Å². The highest BCUT2D eigenvalue weighted by molar-refractivity contribution is 7.18. The molecule has 1 aromatic carbocycles. The Hall–Kier alpha value is -3.51. The minimum absolute atomic E-state index is 0.303.